The molecule has 1 aliphatic heterocycles. The molecule has 0 spiro atoms. The second-order valence-electron chi connectivity index (χ2n) is 5.27. The predicted octanol–water partition coefficient (Wildman–Crippen LogP) is 3.75. The van der Waals surface area contributed by atoms with Gasteiger partial charge in [-0.25, -0.2) is 0 Å². The molecule has 1 aromatic rings. The Labute approximate surface area is 127 Å². The van der Waals surface area contributed by atoms with E-state index >= 15 is 0 Å². The summed E-state index contributed by atoms with van der Waals surface area (Å²) in [5.74, 6) is -0.968. The number of amides is 1. The van der Waals surface area contributed by atoms with Crippen LogP contribution in [-0.4, -0.2) is 37.2 Å². The number of ether oxygens (including phenoxy) is 1. The van der Waals surface area contributed by atoms with E-state index < -0.39 is 12.1 Å². The summed E-state index contributed by atoms with van der Waals surface area (Å²) in [7, 11) is 1.52. The number of benzene rings is 1. The Hall–Kier alpha value is -1.98. The lowest BCUT2D eigenvalue weighted by Crippen LogP contribution is -2.42. The molecule has 1 heterocycles. The molecule has 6 heteroatoms. The van der Waals surface area contributed by atoms with Crippen LogP contribution in [0.1, 0.15) is 28.8 Å². The maximum Gasteiger partial charge on any atom is 0.391 e. The Morgan fingerprint density at radius 1 is 1.36 bits per heavy atom. The number of carbonyl (C=O) groups is 1. The lowest BCUT2D eigenvalue weighted by Gasteiger charge is -2.33. The molecule has 0 saturated carbocycles. The fourth-order valence-electron chi connectivity index (χ4n) is 2.62. The van der Waals surface area contributed by atoms with Crippen molar-refractivity contribution in [3.63, 3.8) is 0 Å². The van der Waals surface area contributed by atoms with Crippen LogP contribution < -0.4 is 4.74 Å². The smallest absolute Gasteiger partial charge is 0.391 e. The first-order valence-electron chi connectivity index (χ1n) is 7.03. The summed E-state index contributed by atoms with van der Waals surface area (Å²) in [5, 5.41) is 0. The summed E-state index contributed by atoms with van der Waals surface area (Å²) < 4.78 is 43.1. The van der Waals surface area contributed by atoms with Gasteiger partial charge in [-0.1, -0.05) is 12.7 Å². The van der Waals surface area contributed by atoms with Crippen molar-refractivity contribution in [1.82, 2.24) is 4.90 Å². The molecule has 0 radical (unpaired) electrons. The van der Waals surface area contributed by atoms with Crippen LogP contribution >= 0.6 is 0 Å². The van der Waals surface area contributed by atoms with E-state index in [1.807, 2.05) is 0 Å². The van der Waals surface area contributed by atoms with Crippen molar-refractivity contribution in [1.29, 1.82) is 0 Å². The molecule has 0 aromatic heterocycles. The van der Waals surface area contributed by atoms with E-state index in [4.69, 9.17) is 4.74 Å². The van der Waals surface area contributed by atoms with E-state index in [-0.39, 0.29) is 31.8 Å². The number of halogens is 3. The van der Waals surface area contributed by atoms with Gasteiger partial charge in [0.1, 0.15) is 5.75 Å². The Bertz CT molecular complexity index is 561. The SMILES string of the molecule is C=Cc1cc(C(=O)N2CCC(C(F)(F)F)CC2)ccc1OC. The standard InChI is InChI=1S/C16H18F3NO2/c1-3-11-10-12(4-5-14(11)22-2)15(21)20-8-6-13(7-9-20)16(17,18)19/h3-5,10,13H,1,6-9H2,2H3. The van der Waals surface area contributed by atoms with E-state index in [1.54, 1.807) is 24.3 Å². The fourth-order valence-corrected chi connectivity index (χ4v) is 2.62. The van der Waals surface area contributed by atoms with Crippen LogP contribution in [0.3, 0.4) is 0 Å². The molecule has 0 unspecified atom stereocenters. The molecule has 1 amide bonds. The van der Waals surface area contributed by atoms with Crippen LogP contribution in [0.4, 0.5) is 13.2 Å². The zero-order chi connectivity index (χ0) is 16.3. The number of piperidine rings is 1. The summed E-state index contributed by atoms with van der Waals surface area (Å²) in [4.78, 5) is 13.9. The average molecular weight is 313 g/mol. The molecule has 1 aliphatic rings. The minimum Gasteiger partial charge on any atom is -0.496 e. The van der Waals surface area contributed by atoms with Crippen LogP contribution in [0.15, 0.2) is 24.8 Å². The van der Waals surface area contributed by atoms with Gasteiger partial charge in [0, 0.05) is 24.2 Å². The first-order chi connectivity index (χ1) is 10.4. The second-order valence-corrected chi connectivity index (χ2v) is 5.27. The third-order valence-electron chi connectivity index (χ3n) is 3.94. The minimum absolute atomic E-state index is 0.0420. The molecule has 0 atom stereocenters. The number of nitrogens with zero attached hydrogens (tertiary/aromatic N) is 1. The van der Waals surface area contributed by atoms with E-state index in [1.165, 1.54) is 12.0 Å². The molecule has 0 aliphatic carbocycles. The number of rotatable bonds is 3. The number of methoxy groups -OCH3 is 1. The highest BCUT2D eigenvalue weighted by Gasteiger charge is 2.41. The Kier molecular flexibility index (Phi) is 4.78. The van der Waals surface area contributed by atoms with Gasteiger partial charge in [-0.3, -0.25) is 4.79 Å². The maximum absolute atomic E-state index is 12.6. The summed E-state index contributed by atoms with van der Waals surface area (Å²) in [6.45, 7) is 3.91. The van der Waals surface area contributed by atoms with Crippen molar-refractivity contribution >= 4 is 12.0 Å². The van der Waals surface area contributed by atoms with E-state index in [9.17, 15) is 18.0 Å². The lowest BCUT2D eigenvalue weighted by molar-refractivity contribution is -0.183. The zero-order valence-electron chi connectivity index (χ0n) is 12.3. The number of hydrogen-bond donors (Lipinski definition) is 0. The van der Waals surface area contributed by atoms with E-state index in [0.29, 0.717) is 16.9 Å². The quantitative estimate of drug-likeness (QED) is 0.850. The zero-order valence-corrected chi connectivity index (χ0v) is 12.3. The second kappa shape index (κ2) is 6.42. The summed E-state index contributed by atoms with van der Waals surface area (Å²) in [6, 6.07) is 4.92. The van der Waals surface area contributed by atoms with E-state index in [0.717, 1.165) is 0 Å². The van der Waals surface area contributed by atoms with Crippen LogP contribution in [0.5, 0.6) is 5.75 Å². The van der Waals surface area contributed by atoms with Crippen LogP contribution in [0, 0.1) is 5.92 Å². The van der Waals surface area contributed by atoms with Crippen LogP contribution in [0.25, 0.3) is 6.08 Å². The molecule has 22 heavy (non-hydrogen) atoms. The Morgan fingerprint density at radius 3 is 2.50 bits per heavy atom. The molecule has 0 N–H and O–H groups in total. The van der Waals surface area contributed by atoms with Gasteiger partial charge in [-0.15, -0.1) is 0 Å². The molecule has 0 bridgehead atoms. The Morgan fingerprint density at radius 2 is 2.00 bits per heavy atom. The van der Waals surface area contributed by atoms with Gasteiger partial charge >= 0.3 is 6.18 Å². The van der Waals surface area contributed by atoms with Gasteiger partial charge in [-0.2, -0.15) is 13.2 Å². The van der Waals surface area contributed by atoms with E-state index in [2.05, 4.69) is 6.58 Å². The molecule has 2 rings (SSSR count). The molecular formula is C16H18F3NO2. The first-order valence-corrected chi connectivity index (χ1v) is 7.03. The first kappa shape index (κ1) is 16.4. The predicted molar refractivity (Wildman–Crippen MR) is 77.8 cm³/mol. The Balaban J connectivity index is 2.09. The molecule has 1 aromatic carbocycles. The van der Waals surface area contributed by atoms with Gasteiger partial charge in [0.15, 0.2) is 0 Å². The number of likely N-dealkylation sites (tertiary alicyclic amines) is 1. The minimum atomic E-state index is -4.18. The largest absolute Gasteiger partial charge is 0.496 e. The van der Waals surface area contributed by atoms with Gasteiger partial charge in [0.25, 0.3) is 5.91 Å². The molecule has 1 saturated heterocycles. The molecule has 3 nitrogen and oxygen atoms in total. The maximum atomic E-state index is 12.6. The number of hydrogen-bond acceptors (Lipinski definition) is 2. The van der Waals surface area contributed by atoms with Gasteiger partial charge in [0.05, 0.1) is 13.0 Å². The summed E-state index contributed by atoms with van der Waals surface area (Å²) in [6.07, 6.45) is -2.68. The van der Waals surface area contributed by atoms with Crippen molar-refractivity contribution in [2.45, 2.75) is 19.0 Å². The third-order valence-corrected chi connectivity index (χ3v) is 3.94. The van der Waals surface area contributed by atoms with Crippen molar-refractivity contribution in [2.24, 2.45) is 5.92 Å². The van der Waals surface area contributed by atoms with Gasteiger partial charge < -0.3 is 9.64 Å². The molecule has 120 valence electrons. The highest BCUT2D eigenvalue weighted by Crippen LogP contribution is 2.34. The third kappa shape index (κ3) is 3.43. The monoisotopic (exact) mass is 313 g/mol. The fraction of sp³-hybridized carbons (Fsp3) is 0.438. The van der Waals surface area contributed by atoms with Crippen molar-refractivity contribution in [3.05, 3.63) is 35.9 Å². The molecular weight excluding hydrogens is 295 g/mol. The topological polar surface area (TPSA) is 29.5 Å². The van der Waals surface area contributed by atoms with Gasteiger partial charge in [-0.05, 0) is 31.0 Å². The van der Waals surface area contributed by atoms with Crippen LogP contribution in [-0.2, 0) is 0 Å². The number of carbonyl (C=O) groups excluding carboxylic acids is 1. The van der Waals surface area contributed by atoms with Crippen molar-refractivity contribution in [3.8, 4) is 5.75 Å². The average Bonchev–Trinajstić information content (AvgIpc) is 2.52. The van der Waals surface area contributed by atoms with Gasteiger partial charge in [0.2, 0.25) is 0 Å². The van der Waals surface area contributed by atoms with Crippen molar-refractivity contribution in [2.75, 3.05) is 20.2 Å². The normalized spacial score (nSPS) is 16.5. The number of alkyl halides is 3. The highest BCUT2D eigenvalue weighted by atomic mass is 19.4. The highest BCUT2D eigenvalue weighted by molar-refractivity contribution is 5.95. The molecule has 1 fully saturated rings. The summed E-state index contributed by atoms with van der Waals surface area (Å²) >= 11 is 0. The lowest BCUT2D eigenvalue weighted by atomic mass is 9.95. The summed E-state index contributed by atoms with van der Waals surface area (Å²) in [5.41, 5.74) is 1.11. The van der Waals surface area contributed by atoms with Crippen LogP contribution in [0.2, 0.25) is 0 Å². The van der Waals surface area contributed by atoms with Crippen molar-refractivity contribution < 1.29 is 22.7 Å².